The maximum Gasteiger partial charge on any atom is 0.341 e. The summed E-state index contributed by atoms with van der Waals surface area (Å²) in [7, 11) is 0. The Bertz CT molecular complexity index is 854. The van der Waals surface area contributed by atoms with Crippen molar-refractivity contribution < 1.29 is 28.9 Å². The van der Waals surface area contributed by atoms with Gasteiger partial charge in [-0.2, -0.15) is 0 Å². The van der Waals surface area contributed by atoms with Crippen molar-refractivity contribution in [1.29, 1.82) is 0 Å². The largest absolute Gasteiger partial charge is 0.490 e. The molecule has 7 nitrogen and oxygen atoms in total. The van der Waals surface area contributed by atoms with Gasteiger partial charge in [-0.15, -0.1) is 0 Å². The van der Waals surface area contributed by atoms with E-state index in [9.17, 15) is 9.59 Å². The van der Waals surface area contributed by atoms with Gasteiger partial charge in [0, 0.05) is 5.56 Å². The predicted octanol–water partition coefficient (Wildman–Crippen LogP) is 3.15. The van der Waals surface area contributed by atoms with Crippen LogP contribution in [0.25, 0.3) is 0 Å². The lowest BCUT2D eigenvalue weighted by molar-refractivity contribution is -0.139. The second kappa shape index (κ2) is 9.43. The zero-order valence-electron chi connectivity index (χ0n) is 16.5. The second-order valence-electron chi connectivity index (χ2n) is 6.82. The molecule has 1 aliphatic heterocycles. The quantitative estimate of drug-likeness (QED) is 0.770. The van der Waals surface area contributed by atoms with Crippen LogP contribution in [0.5, 0.6) is 11.5 Å². The summed E-state index contributed by atoms with van der Waals surface area (Å²) in [5.41, 5.74) is 1.49. The van der Waals surface area contributed by atoms with Gasteiger partial charge in [-0.1, -0.05) is 30.3 Å². The highest BCUT2D eigenvalue weighted by Crippen LogP contribution is 2.31. The first-order valence-corrected chi connectivity index (χ1v) is 9.58. The minimum absolute atomic E-state index is 0.0686. The van der Waals surface area contributed by atoms with E-state index in [0.717, 1.165) is 5.56 Å². The fourth-order valence-corrected chi connectivity index (χ4v) is 3.24. The summed E-state index contributed by atoms with van der Waals surface area (Å²) in [6.07, 6.45) is -0.180. The van der Waals surface area contributed by atoms with Crippen molar-refractivity contribution in [3.8, 4) is 11.5 Å². The zero-order chi connectivity index (χ0) is 20.8. The highest BCUT2D eigenvalue weighted by atomic mass is 16.5. The molecule has 154 valence electrons. The summed E-state index contributed by atoms with van der Waals surface area (Å²) < 4.78 is 16.7. The van der Waals surface area contributed by atoms with Crippen LogP contribution in [0.3, 0.4) is 0 Å². The smallest absolute Gasteiger partial charge is 0.341 e. The van der Waals surface area contributed by atoms with E-state index in [0.29, 0.717) is 36.8 Å². The number of rotatable bonds is 7. The third kappa shape index (κ3) is 5.06. The number of carbonyl (C=O) groups excluding carboxylic acids is 1. The van der Waals surface area contributed by atoms with E-state index < -0.39 is 12.6 Å². The Balaban J connectivity index is 1.80. The van der Waals surface area contributed by atoms with Gasteiger partial charge in [0.25, 0.3) is 5.91 Å². The first-order valence-electron chi connectivity index (χ1n) is 9.58. The van der Waals surface area contributed by atoms with Gasteiger partial charge in [-0.25, -0.2) is 4.79 Å². The minimum Gasteiger partial charge on any atom is -0.490 e. The number of carboxylic acid groups (broad SMARTS) is 1. The van der Waals surface area contributed by atoms with Gasteiger partial charge < -0.3 is 24.2 Å². The van der Waals surface area contributed by atoms with Crippen LogP contribution in [0.2, 0.25) is 0 Å². The standard InChI is InChI=1S/C22H25NO6/c1-3-27-19-11-17(9-10-18(19)29-14-21(24)25)22(26)23-12-20(28-13-15(23)2)16-7-5-4-6-8-16/h4-11,15,20H,3,12-14H2,1-2H3,(H,24,25)/t15-,20-/m0/s1. The van der Waals surface area contributed by atoms with Crippen LogP contribution in [-0.4, -0.2) is 54.3 Å². The van der Waals surface area contributed by atoms with Crippen LogP contribution in [0, 0.1) is 0 Å². The third-order valence-corrected chi connectivity index (χ3v) is 4.71. The van der Waals surface area contributed by atoms with Gasteiger partial charge in [0.2, 0.25) is 0 Å². The minimum atomic E-state index is -1.08. The number of carboxylic acids is 1. The van der Waals surface area contributed by atoms with Gasteiger partial charge in [0.15, 0.2) is 18.1 Å². The molecule has 2 aromatic carbocycles. The topological polar surface area (TPSA) is 85.3 Å². The number of aliphatic carboxylic acids is 1. The lowest BCUT2D eigenvalue weighted by atomic mass is 10.0. The number of morpholine rings is 1. The molecule has 0 bridgehead atoms. The number of amides is 1. The van der Waals surface area contributed by atoms with Crippen molar-refractivity contribution in [2.24, 2.45) is 0 Å². The average molecular weight is 399 g/mol. The maximum atomic E-state index is 13.2. The van der Waals surface area contributed by atoms with Crippen LogP contribution in [0.15, 0.2) is 48.5 Å². The molecule has 1 heterocycles. The van der Waals surface area contributed by atoms with E-state index >= 15 is 0 Å². The predicted molar refractivity (Wildman–Crippen MR) is 106 cm³/mol. The molecule has 1 fully saturated rings. The maximum absolute atomic E-state index is 13.2. The van der Waals surface area contributed by atoms with E-state index in [1.807, 2.05) is 44.2 Å². The second-order valence-corrected chi connectivity index (χ2v) is 6.82. The molecule has 1 amide bonds. The molecule has 29 heavy (non-hydrogen) atoms. The molecular formula is C22H25NO6. The molecule has 2 aromatic rings. The summed E-state index contributed by atoms with van der Waals surface area (Å²) in [6, 6.07) is 14.6. The summed E-state index contributed by atoms with van der Waals surface area (Å²) in [5, 5.41) is 8.82. The van der Waals surface area contributed by atoms with Gasteiger partial charge in [-0.05, 0) is 37.6 Å². The molecule has 0 saturated carbocycles. The van der Waals surface area contributed by atoms with E-state index in [1.165, 1.54) is 0 Å². The lowest BCUT2D eigenvalue weighted by Crippen LogP contribution is -2.48. The average Bonchev–Trinajstić information content (AvgIpc) is 2.73. The number of hydrogen-bond donors (Lipinski definition) is 1. The van der Waals surface area contributed by atoms with Crippen molar-refractivity contribution in [2.75, 3.05) is 26.4 Å². The van der Waals surface area contributed by atoms with E-state index in [4.69, 9.17) is 19.3 Å². The Kier molecular flexibility index (Phi) is 6.72. The first kappa shape index (κ1) is 20.7. The first-order chi connectivity index (χ1) is 14.0. The van der Waals surface area contributed by atoms with Crippen molar-refractivity contribution in [3.63, 3.8) is 0 Å². The van der Waals surface area contributed by atoms with Crippen molar-refractivity contribution in [3.05, 3.63) is 59.7 Å². The number of benzene rings is 2. The van der Waals surface area contributed by atoms with Crippen LogP contribution in [-0.2, 0) is 9.53 Å². The van der Waals surface area contributed by atoms with Gasteiger partial charge in [-0.3, -0.25) is 4.79 Å². The molecule has 0 aliphatic carbocycles. The molecule has 0 unspecified atom stereocenters. The summed E-state index contributed by atoms with van der Waals surface area (Å²) in [5.74, 6) is -0.572. The fourth-order valence-electron chi connectivity index (χ4n) is 3.24. The van der Waals surface area contributed by atoms with Gasteiger partial charge in [0.05, 0.1) is 25.8 Å². The number of nitrogens with zero attached hydrogens (tertiary/aromatic N) is 1. The normalized spacial score (nSPS) is 18.9. The Labute approximate surface area is 169 Å². The summed E-state index contributed by atoms with van der Waals surface area (Å²) in [6.45, 7) is 4.54. The molecule has 3 rings (SSSR count). The molecule has 2 atom stereocenters. The van der Waals surface area contributed by atoms with Crippen LogP contribution < -0.4 is 9.47 Å². The van der Waals surface area contributed by atoms with Crippen molar-refractivity contribution >= 4 is 11.9 Å². The molecule has 0 spiro atoms. The van der Waals surface area contributed by atoms with Crippen LogP contribution in [0.1, 0.15) is 35.9 Å². The number of carbonyl (C=O) groups is 2. The summed E-state index contributed by atoms with van der Waals surface area (Å²) in [4.78, 5) is 25.8. The van der Waals surface area contributed by atoms with Gasteiger partial charge in [0.1, 0.15) is 6.10 Å². The molecule has 1 N–H and O–H groups in total. The Hall–Kier alpha value is -3.06. The van der Waals surface area contributed by atoms with E-state index in [2.05, 4.69) is 0 Å². The Morgan fingerprint density at radius 1 is 1.14 bits per heavy atom. The molecule has 7 heteroatoms. The van der Waals surface area contributed by atoms with Crippen LogP contribution >= 0.6 is 0 Å². The monoisotopic (exact) mass is 399 g/mol. The number of ether oxygens (including phenoxy) is 3. The van der Waals surface area contributed by atoms with Gasteiger partial charge >= 0.3 is 5.97 Å². The fraction of sp³-hybridized carbons (Fsp3) is 0.364. The Morgan fingerprint density at radius 2 is 1.90 bits per heavy atom. The highest BCUT2D eigenvalue weighted by molar-refractivity contribution is 5.95. The molecule has 0 aromatic heterocycles. The van der Waals surface area contributed by atoms with E-state index in [-0.39, 0.29) is 18.1 Å². The van der Waals surface area contributed by atoms with Crippen molar-refractivity contribution in [2.45, 2.75) is 26.0 Å². The SMILES string of the molecule is CCOc1cc(C(=O)N2C[C@@H](c3ccccc3)OC[C@@H]2C)ccc1OCC(=O)O. The Morgan fingerprint density at radius 3 is 2.59 bits per heavy atom. The van der Waals surface area contributed by atoms with E-state index in [1.54, 1.807) is 23.1 Å². The molecule has 0 radical (unpaired) electrons. The van der Waals surface area contributed by atoms with Crippen LogP contribution in [0.4, 0.5) is 0 Å². The molecular weight excluding hydrogens is 374 g/mol. The molecule has 1 saturated heterocycles. The summed E-state index contributed by atoms with van der Waals surface area (Å²) >= 11 is 0. The third-order valence-electron chi connectivity index (χ3n) is 4.71. The lowest BCUT2D eigenvalue weighted by Gasteiger charge is -2.38. The molecule has 1 aliphatic rings. The highest BCUT2D eigenvalue weighted by Gasteiger charge is 2.31. The van der Waals surface area contributed by atoms with Crippen molar-refractivity contribution in [1.82, 2.24) is 4.90 Å². The number of hydrogen-bond acceptors (Lipinski definition) is 5. The zero-order valence-corrected chi connectivity index (χ0v) is 16.5.